The maximum absolute atomic E-state index is 11.8. The Kier molecular flexibility index (Phi) is 3.96. The number of allylic oxidation sites excluding steroid dienone is 1. The molecule has 0 bridgehead atoms. The van der Waals surface area contributed by atoms with Crippen molar-refractivity contribution in [2.75, 3.05) is 5.32 Å². The van der Waals surface area contributed by atoms with Gasteiger partial charge in [0.25, 0.3) is 5.56 Å². The van der Waals surface area contributed by atoms with Crippen molar-refractivity contribution in [2.45, 2.75) is 20.0 Å². The van der Waals surface area contributed by atoms with E-state index in [0.717, 1.165) is 0 Å². The fourth-order valence-corrected chi connectivity index (χ4v) is 1.64. The first-order valence-electron chi connectivity index (χ1n) is 5.51. The molecule has 0 radical (unpaired) electrons. The van der Waals surface area contributed by atoms with Crippen LogP contribution >= 0.6 is 11.6 Å². The summed E-state index contributed by atoms with van der Waals surface area (Å²) in [5, 5.41) is 10.6. The number of anilines is 1. The lowest BCUT2D eigenvalue weighted by Gasteiger charge is -2.07. The number of hydrogen-bond acceptors (Lipinski definition) is 6. The lowest BCUT2D eigenvalue weighted by atomic mass is 10.4. The maximum atomic E-state index is 11.8. The first kappa shape index (κ1) is 13.3. The first-order chi connectivity index (χ1) is 9.11. The zero-order valence-corrected chi connectivity index (χ0v) is 11.0. The van der Waals surface area contributed by atoms with Crippen LogP contribution in [0.4, 0.5) is 5.69 Å². The molecule has 0 aliphatic rings. The Balaban J connectivity index is 2.15. The van der Waals surface area contributed by atoms with E-state index in [9.17, 15) is 4.79 Å². The van der Waals surface area contributed by atoms with Crippen LogP contribution in [0.25, 0.3) is 0 Å². The highest BCUT2D eigenvalue weighted by molar-refractivity contribution is 6.32. The Morgan fingerprint density at radius 2 is 2.42 bits per heavy atom. The summed E-state index contributed by atoms with van der Waals surface area (Å²) in [7, 11) is 0. The summed E-state index contributed by atoms with van der Waals surface area (Å²) in [6.07, 6.45) is 3.04. The van der Waals surface area contributed by atoms with Crippen molar-refractivity contribution in [3.63, 3.8) is 0 Å². The van der Waals surface area contributed by atoms with Gasteiger partial charge >= 0.3 is 0 Å². The molecule has 19 heavy (non-hydrogen) atoms. The molecule has 0 atom stereocenters. The molecule has 2 aromatic heterocycles. The van der Waals surface area contributed by atoms with Crippen LogP contribution in [0.1, 0.15) is 11.7 Å². The minimum Gasteiger partial charge on any atom is -0.373 e. The third-order valence-electron chi connectivity index (χ3n) is 2.29. The second kappa shape index (κ2) is 5.66. The van der Waals surface area contributed by atoms with E-state index in [4.69, 9.17) is 16.1 Å². The molecule has 1 N–H and O–H groups in total. The van der Waals surface area contributed by atoms with Gasteiger partial charge in [-0.3, -0.25) is 4.79 Å². The average Bonchev–Trinajstić information content (AvgIpc) is 2.80. The van der Waals surface area contributed by atoms with Crippen molar-refractivity contribution in [3.05, 3.63) is 45.9 Å². The summed E-state index contributed by atoms with van der Waals surface area (Å²) in [4.78, 5) is 15.8. The lowest BCUT2D eigenvalue weighted by Crippen LogP contribution is -2.23. The van der Waals surface area contributed by atoms with E-state index < -0.39 is 0 Å². The zero-order valence-electron chi connectivity index (χ0n) is 10.3. The molecule has 100 valence electrons. The van der Waals surface area contributed by atoms with Crippen molar-refractivity contribution >= 4 is 17.3 Å². The number of hydrogen-bond donors (Lipinski definition) is 1. The second-order valence-electron chi connectivity index (χ2n) is 3.74. The van der Waals surface area contributed by atoms with E-state index in [1.165, 1.54) is 10.9 Å². The predicted molar refractivity (Wildman–Crippen MR) is 70.1 cm³/mol. The summed E-state index contributed by atoms with van der Waals surface area (Å²) in [5.41, 5.74) is 0.0381. The van der Waals surface area contributed by atoms with Crippen LogP contribution in [0.15, 0.2) is 28.2 Å². The van der Waals surface area contributed by atoms with Crippen molar-refractivity contribution < 1.29 is 4.52 Å². The van der Waals surface area contributed by atoms with Gasteiger partial charge < -0.3 is 9.84 Å². The summed E-state index contributed by atoms with van der Waals surface area (Å²) >= 11 is 5.97. The molecule has 0 amide bonds. The first-order valence-corrected chi connectivity index (χ1v) is 5.89. The second-order valence-corrected chi connectivity index (χ2v) is 4.12. The lowest BCUT2D eigenvalue weighted by molar-refractivity contribution is 0.379. The molecule has 2 aromatic rings. The highest BCUT2D eigenvalue weighted by atomic mass is 35.5. The minimum atomic E-state index is -0.381. The molecule has 0 aliphatic heterocycles. The van der Waals surface area contributed by atoms with E-state index >= 15 is 0 Å². The number of aromatic nitrogens is 4. The van der Waals surface area contributed by atoms with Crippen LogP contribution in [-0.4, -0.2) is 19.9 Å². The highest BCUT2D eigenvalue weighted by Crippen LogP contribution is 2.16. The Morgan fingerprint density at radius 3 is 3.05 bits per heavy atom. The Morgan fingerprint density at radius 1 is 1.63 bits per heavy atom. The highest BCUT2D eigenvalue weighted by Gasteiger charge is 2.09. The van der Waals surface area contributed by atoms with E-state index in [0.29, 0.717) is 23.9 Å². The third-order valence-corrected chi connectivity index (χ3v) is 2.65. The third kappa shape index (κ3) is 3.00. The number of nitrogens with one attached hydrogen (secondary N) is 1. The van der Waals surface area contributed by atoms with E-state index in [2.05, 4.69) is 27.1 Å². The van der Waals surface area contributed by atoms with E-state index in [1.54, 1.807) is 13.0 Å². The molecule has 0 aliphatic carbocycles. The van der Waals surface area contributed by atoms with E-state index in [-0.39, 0.29) is 17.1 Å². The molecule has 0 saturated carbocycles. The van der Waals surface area contributed by atoms with Crippen molar-refractivity contribution in [3.8, 4) is 0 Å². The quantitative estimate of drug-likeness (QED) is 0.834. The SMILES string of the molecule is C=CCn1ncc(NCc2nc(C)no2)c(Cl)c1=O. The van der Waals surface area contributed by atoms with Crippen LogP contribution in [0, 0.1) is 6.92 Å². The van der Waals surface area contributed by atoms with Gasteiger partial charge in [0.15, 0.2) is 5.82 Å². The van der Waals surface area contributed by atoms with Gasteiger partial charge in [0, 0.05) is 0 Å². The molecule has 0 aromatic carbocycles. The fourth-order valence-electron chi connectivity index (χ4n) is 1.42. The smallest absolute Gasteiger partial charge is 0.287 e. The van der Waals surface area contributed by atoms with Gasteiger partial charge in [-0.2, -0.15) is 10.1 Å². The number of rotatable bonds is 5. The zero-order chi connectivity index (χ0) is 13.8. The normalized spacial score (nSPS) is 10.4. The van der Waals surface area contributed by atoms with Crippen LogP contribution in [0.3, 0.4) is 0 Å². The van der Waals surface area contributed by atoms with Gasteiger partial charge in [-0.15, -0.1) is 6.58 Å². The Hall–Kier alpha value is -2.15. The fraction of sp³-hybridized carbons (Fsp3) is 0.273. The monoisotopic (exact) mass is 281 g/mol. The molecule has 0 unspecified atom stereocenters. The number of aryl methyl sites for hydroxylation is 1. The van der Waals surface area contributed by atoms with Gasteiger partial charge in [-0.05, 0) is 6.92 Å². The molecule has 2 heterocycles. The summed E-state index contributed by atoms with van der Waals surface area (Å²) in [6.45, 7) is 5.84. The van der Waals surface area contributed by atoms with Crippen LogP contribution in [0.2, 0.25) is 5.02 Å². The summed E-state index contributed by atoms with van der Waals surface area (Å²) in [6, 6.07) is 0. The van der Waals surface area contributed by atoms with Crippen molar-refractivity contribution in [1.82, 2.24) is 19.9 Å². The molecule has 8 heteroatoms. The molecular weight excluding hydrogens is 270 g/mol. The molecular formula is C11H12ClN5O2. The molecule has 0 fully saturated rings. The Labute approximate surface area is 113 Å². The predicted octanol–water partition coefficient (Wildman–Crippen LogP) is 1.39. The van der Waals surface area contributed by atoms with E-state index in [1.807, 2.05) is 0 Å². The molecule has 2 rings (SSSR count). The topological polar surface area (TPSA) is 85.8 Å². The average molecular weight is 282 g/mol. The minimum absolute atomic E-state index is 0.0630. The van der Waals surface area contributed by atoms with Gasteiger partial charge in [0.1, 0.15) is 5.02 Å². The summed E-state index contributed by atoms with van der Waals surface area (Å²) in [5.74, 6) is 0.950. The van der Waals surface area contributed by atoms with Crippen molar-refractivity contribution in [1.29, 1.82) is 0 Å². The molecule has 0 spiro atoms. The summed E-state index contributed by atoms with van der Waals surface area (Å²) < 4.78 is 6.15. The molecule has 0 saturated heterocycles. The van der Waals surface area contributed by atoms with Gasteiger partial charge in [-0.25, -0.2) is 4.68 Å². The van der Waals surface area contributed by atoms with Gasteiger partial charge in [0.05, 0.1) is 25.0 Å². The maximum Gasteiger partial charge on any atom is 0.287 e. The van der Waals surface area contributed by atoms with Gasteiger partial charge in [0.2, 0.25) is 5.89 Å². The van der Waals surface area contributed by atoms with Gasteiger partial charge in [-0.1, -0.05) is 22.8 Å². The largest absolute Gasteiger partial charge is 0.373 e. The Bertz CT molecular complexity index is 649. The molecule has 7 nitrogen and oxygen atoms in total. The van der Waals surface area contributed by atoms with Crippen LogP contribution in [-0.2, 0) is 13.1 Å². The standard InChI is InChI=1S/C11H12ClN5O2/c1-3-4-17-11(18)10(12)8(5-14-17)13-6-9-15-7(2)16-19-9/h3,5,13H,1,4,6H2,2H3. The van der Waals surface area contributed by atoms with Crippen molar-refractivity contribution in [2.24, 2.45) is 0 Å². The van der Waals surface area contributed by atoms with Crippen LogP contribution in [0.5, 0.6) is 0 Å². The number of halogens is 1. The number of nitrogens with zero attached hydrogens (tertiary/aromatic N) is 4. The van der Waals surface area contributed by atoms with Crippen LogP contribution < -0.4 is 10.9 Å².